The molecule has 7 heteroatoms. The first-order valence-corrected chi connectivity index (χ1v) is 8.42. The number of hydrogen-bond donors (Lipinski definition) is 1. The van der Waals surface area contributed by atoms with Crippen LogP contribution in [-0.2, 0) is 4.79 Å². The third-order valence-corrected chi connectivity index (χ3v) is 4.54. The summed E-state index contributed by atoms with van der Waals surface area (Å²) in [4.78, 5) is 18.5. The first kappa shape index (κ1) is 16.9. The SMILES string of the molecule is Cc1noc(C2CCCN(C(=O)CC(O)c3ccc(Cl)cc3)C2)n1. The highest BCUT2D eigenvalue weighted by Gasteiger charge is 2.29. The van der Waals surface area contributed by atoms with Gasteiger partial charge in [0.15, 0.2) is 5.82 Å². The number of carbonyl (C=O) groups excluding carboxylic acids is 1. The van der Waals surface area contributed by atoms with Crippen LogP contribution in [0, 0.1) is 6.92 Å². The summed E-state index contributed by atoms with van der Waals surface area (Å²) in [6.07, 6.45) is 1.03. The van der Waals surface area contributed by atoms with Gasteiger partial charge in [0, 0.05) is 18.1 Å². The Morgan fingerprint density at radius 1 is 1.46 bits per heavy atom. The Morgan fingerprint density at radius 2 is 2.21 bits per heavy atom. The molecule has 2 atom stereocenters. The van der Waals surface area contributed by atoms with Crippen molar-refractivity contribution in [3.05, 3.63) is 46.6 Å². The van der Waals surface area contributed by atoms with E-state index in [1.54, 1.807) is 36.1 Å². The van der Waals surface area contributed by atoms with Crippen molar-refractivity contribution in [1.82, 2.24) is 15.0 Å². The normalized spacial score (nSPS) is 19.3. The van der Waals surface area contributed by atoms with Gasteiger partial charge in [0.1, 0.15) is 0 Å². The number of aliphatic hydroxyl groups is 1. The first-order chi connectivity index (χ1) is 11.5. The van der Waals surface area contributed by atoms with Crippen molar-refractivity contribution in [3.8, 4) is 0 Å². The number of aromatic nitrogens is 2. The topological polar surface area (TPSA) is 79.5 Å². The van der Waals surface area contributed by atoms with Crippen molar-refractivity contribution in [3.63, 3.8) is 0 Å². The van der Waals surface area contributed by atoms with Gasteiger partial charge < -0.3 is 14.5 Å². The molecular weight excluding hydrogens is 330 g/mol. The molecule has 1 saturated heterocycles. The van der Waals surface area contributed by atoms with Gasteiger partial charge >= 0.3 is 0 Å². The van der Waals surface area contributed by atoms with Gasteiger partial charge in [-0.05, 0) is 37.5 Å². The standard InChI is InChI=1S/C17H20ClN3O3/c1-11-19-17(24-20-11)13-3-2-8-21(10-13)16(23)9-15(22)12-4-6-14(18)7-5-12/h4-7,13,15,22H,2-3,8-10H2,1H3. The lowest BCUT2D eigenvalue weighted by atomic mass is 9.97. The van der Waals surface area contributed by atoms with E-state index in [4.69, 9.17) is 16.1 Å². The van der Waals surface area contributed by atoms with Gasteiger partial charge in [-0.1, -0.05) is 28.9 Å². The summed E-state index contributed by atoms with van der Waals surface area (Å²) in [5, 5.41) is 14.7. The maximum atomic E-state index is 12.5. The number of benzene rings is 1. The quantitative estimate of drug-likeness (QED) is 0.918. The number of halogens is 1. The van der Waals surface area contributed by atoms with Gasteiger partial charge in [-0.25, -0.2) is 0 Å². The van der Waals surface area contributed by atoms with Crippen LogP contribution < -0.4 is 0 Å². The lowest BCUT2D eigenvalue weighted by Crippen LogP contribution is -2.39. The third-order valence-electron chi connectivity index (χ3n) is 4.29. The average Bonchev–Trinajstić information content (AvgIpc) is 3.02. The van der Waals surface area contributed by atoms with E-state index < -0.39 is 6.10 Å². The van der Waals surface area contributed by atoms with Crippen LogP contribution in [0.5, 0.6) is 0 Å². The Hall–Kier alpha value is -1.92. The number of carbonyl (C=O) groups is 1. The van der Waals surface area contributed by atoms with Crippen LogP contribution in [0.1, 0.15) is 48.6 Å². The van der Waals surface area contributed by atoms with Crippen molar-refractivity contribution in [1.29, 1.82) is 0 Å². The van der Waals surface area contributed by atoms with Crippen molar-refractivity contribution < 1.29 is 14.4 Å². The summed E-state index contributed by atoms with van der Waals surface area (Å²) >= 11 is 5.84. The van der Waals surface area contributed by atoms with Gasteiger partial charge in [0.25, 0.3) is 0 Å². The molecule has 128 valence electrons. The Labute approximate surface area is 145 Å². The number of aliphatic hydroxyl groups excluding tert-OH is 1. The fourth-order valence-electron chi connectivity index (χ4n) is 2.98. The van der Waals surface area contributed by atoms with Crippen LogP contribution >= 0.6 is 11.6 Å². The molecule has 0 aliphatic carbocycles. The molecule has 1 aliphatic rings. The van der Waals surface area contributed by atoms with Gasteiger partial charge in [-0.3, -0.25) is 4.79 Å². The van der Waals surface area contributed by atoms with Crippen LogP contribution in [0.3, 0.4) is 0 Å². The molecule has 1 N–H and O–H groups in total. The highest BCUT2D eigenvalue weighted by molar-refractivity contribution is 6.30. The summed E-state index contributed by atoms with van der Waals surface area (Å²) in [6.45, 7) is 3.02. The van der Waals surface area contributed by atoms with Gasteiger partial charge in [0.05, 0.1) is 18.4 Å². The Balaban J connectivity index is 1.60. The number of rotatable bonds is 4. The van der Waals surface area contributed by atoms with Crippen molar-refractivity contribution in [2.75, 3.05) is 13.1 Å². The van der Waals surface area contributed by atoms with Crippen LogP contribution in [0.25, 0.3) is 0 Å². The smallest absolute Gasteiger partial charge is 0.231 e. The molecule has 2 heterocycles. The number of aryl methyl sites for hydroxylation is 1. The molecule has 24 heavy (non-hydrogen) atoms. The fourth-order valence-corrected chi connectivity index (χ4v) is 3.11. The number of likely N-dealkylation sites (tertiary alicyclic amines) is 1. The molecule has 3 rings (SSSR count). The van der Waals surface area contributed by atoms with Crippen LogP contribution in [-0.4, -0.2) is 39.1 Å². The van der Waals surface area contributed by atoms with Crippen molar-refractivity contribution in [2.24, 2.45) is 0 Å². The van der Waals surface area contributed by atoms with E-state index >= 15 is 0 Å². The summed E-state index contributed by atoms with van der Waals surface area (Å²) in [5.74, 6) is 1.19. The summed E-state index contributed by atoms with van der Waals surface area (Å²) in [5.41, 5.74) is 0.689. The number of nitrogens with zero attached hydrogens (tertiary/aromatic N) is 3. The number of piperidine rings is 1. The second-order valence-corrected chi connectivity index (χ2v) is 6.57. The van der Waals surface area contributed by atoms with E-state index in [0.717, 1.165) is 12.8 Å². The molecule has 1 aromatic carbocycles. The van der Waals surface area contributed by atoms with Gasteiger partial charge in [0.2, 0.25) is 11.8 Å². The maximum Gasteiger partial charge on any atom is 0.231 e. The second kappa shape index (κ2) is 7.32. The van der Waals surface area contributed by atoms with Gasteiger partial charge in [-0.15, -0.1) is 0 Å². The van der Waals surface area contributed by atoms with E-state index in [9.17, 15) is 9.90 Å². The molecule has 1 aromatic heterocycles. The maximum absolute atomic E-state index is 12.5. The second-order valence-electron chi connectivity index (χ2n) is 6.13. The Morgan fingerprint density at radius 3 is 2.88 bits per heavy atom. The predicted octanol–water partition coefficient (Wildman–Crippen LogP) is 2.86. The molecule has 6 nitrogen and oxygen atoms in total. The molecule has 0 spiro atoms. The van der Waals surface area contributed by atoms with Gasteiger partial charge in [-0.2, -0.15) is 4.98 Å². The first-order valence-electron chi connectivity index (χ1n) is 8.04. The van der Waals surface area contributed by atoms with Crippen molar-refractivity contribution in [2.45, 2.75) is 38.2 Å². The van der Waals surface area contributed by atoms with E-state index in [2.05, 4.69) is 10.1 Å². The van der Waals surface area contributed by atoms with Crippen LogP contribution in [0.15, 0.2) is 28.8 Å². The molecule has 0 radical (unpaired) electrons. The zero-order chi connectivity index (χ0) is 17.1. The minimum absolute atomic E-state index is 0.0528. The summed E-state index contributed by atoms with van der Waals surface area (Å²) < 4.78 is 5.23. The fraction of sp³-hybridized carbons (Fsp3) is 0.471. The molecule has 1 aliphatic heterocycles. The highest BCUT2D eigenvalue weighted by Crippen LogP contribution is 2.27. The van der Waals surface area contributed by atoms with E-state index in [1.807, 2.05) is 0 Å². The number of hydrogen-bond acceptors (Lipinski definition) is 5. The lowest BCUT2D eigenvalue weighted by Gasteiger charge is -2.31. The monoisotopic (exact) mass is 349 g/mol. The molecule has 1 fully saturated rings. The zero-order valence-electron chi connectivity index (χ0n) is 13.5. The molecule has 0 bridgehead atoms. The molecule has 1 amide bonds. The van der Waals surface area contributed by atoms with Crippen molar-refractivity contribution >= 4 is 17.5 Å². The largest absolute Gasteiger partial charge is 0.388 e. The number of amides is 1. The van der Waals surface area contributed by atoms with Crippen LogP contribution in [0.2, 0.25) is 5.02 Å². The van der Waals surface area contributed by atoms with Crippen LogP contribution in [0.4, 0.5) is 0 Å². The Kier molecular flexibility index (Phi) is 5.16. The molecule has 2 aromatic rings. The predicted molar refractivity (Wildman–Crippen MR) is 88.6 cm³/mol. The molecule has 0 saturated carbocycles. The third kappa shape index (κ3) is 3.94. The average molecular weight is 350 g/mol. The minimum atomic E-state index is -0.833. The van der Waals surface area contributed by atoms with E-state index in [0.29, 0.717) is 35.4 Å². The molecule has 2 unspecified atom stereocenters. The minimum Gasteiger partial charge on any atom is -0.388 e. The summed E-state index contributed by atoms with van der Waals surface area (Å²) in [6, 6.07) is 6.89. The summed E-state index contributed by atoms with van der Waals surface area (Å²) in [7, 11) is 0. The Bertz CT molecular complexity index is 701. The zero-order valence-corrected chi connectivity index (χ0v) is 14.2. The highest BCUT2D eigenvalue weighted by atomic mass is 35.5. The lowest BCUT2D eigenvalue weighted by molar-refractivity contribution is -0.134. The van der Waals surface area contributed by atoms with E-state index in [-0.39, 0.29) is 18.2 Å². The van der Waals surface area contributed by atoms with E-state index in [1.165, 1.54) is 0 Å². The molecular formula is C17H20ClN3O3.